The van der Waals surface area contributed by atoms with Gasteiger partial charge in [0.25, 0.3) is 0 Å². The minimum atomic E-state index is -0.808. The molecule has 1 aliphatic carbocycles. The van der Waals surface area contributed by atoms with E-state index in [1.807, 2.05) is 51.1 Å². The molecule has 0 saturated heterocycles. The molecule has 116 valence electrons. The van der Waals surface area contributed by atoms with E-state index in [2.05, 4.69) is 0 Å². The van der Waals surface area contributed by atoms with Gasteiger partial charge in [0.1, 0.15) is 12.5 Å². The highest BCUT2D eigenvalue weighted by atomic mass is 16.7. The average molecular weight is 292 g/mol. The molecule has 2 rings (SSSR count). The van der Waals surface area contributed by atoms with Crippen molar-refractivity contribution in [3.63, 3.8) is 0 Å². The van der Waals surface area contributed by atoms with Crippen LogP contribution in [0.15, 0.2) is 30.3 Å². The van der Waals surface area contributed by atoms with Crippen molar-refractivity contribution in [3.8, 4) is 0 Å². The van der Waals surface area contributed by atoms with Crippen LogP contribution in [0.1, 0.15) is 32.8 Å². The van der Waals surface area contributed by atoms with Gasteiger partial charge in [-0.3, -0.25) is 4.79 Å². The van der Waals surface area contributed by atoms with E-state index in [9.17, 15) is 4.79 Å². The number of ether oxygens (including phenoxy) is 3. The first-order valence-corrected chi connectivity index (χ1v) is 7.62. The lowest BCUT2D eigenvalue weighted by Crippen LogP contribution is -2.61. The predicted molar refractivity (Wildman–Crippen MR) is 79.5 cm³/mol. The van der Waals surface area contributed by atoms with Gasteiger partial charge in [0.05, 0.1) is 0 Å². The van der Waals surface area contributed by atoms with Gasteiger partial charge in [0.2, 0.25) is 0 Å². The van der Waals surface area contributed by atoms with E-state index in [1.165, 1.54) is 0 Å². The van der Waals surface area contributed by atoms with Crippen LogP contribution in [0.4, 0.5) is 0 Å². The summed E-state index contributed by atoms with van der Waals surface area (Å²) in [6.45, 7) is 7.21. The minimum absolute atomic E-state index is 0.201. The zero-order valence-corrected chi connectivity index (χ0v) is 13.0. The highest BCUT2D eigenvalue weighted by Gasteiger charge is 2.59. The van der Waals surface area contributed by atoms with Crippen molar-refractivity contribution in [2.75, 3.05) is 13.2 Å². The monoisotopic (exact) mass is 292 g/mol. The third kappa shape index (κ3) is 3.27. The number of hydrogen-bond donors (Lipinski definition) is 0. The maximum absolute atomic E-state index is 12.3. The van der Waals surface area contributed by atoms with Crippen LogP contribution in [-0.4, -0.2) is 25.0 Å². The summed E-state index contributed by atoms with van der Waals surface area (Å²) in [5.41, 5.74) is 0.983. The maximum atomic E-state index is 12.3. The molecule has 21 heavy (non-hydrogen) atoms. The number of rotatable bonds is 7. The molecule has 1 fully saturated rings. The molecular formula is C17H24O4. The molecule has 4 heteroatoms. The largest absolute Gasteiger partial charge is 0.460 e. The van der Waals surface area contributed by atoms with Crippen LogP contribution in [0.2, 0.25) is 0 Å². The van der Waals surface area contributed by atoms with Gasteiger partial charge in [0, 0.05) is 19.1 Å². The van der Waals surface area contributed by atoms with Gasteiger partial charge in [-0.2, -0.15) is 0 Å². The van der Waals surface area contributed by atoms with Crippen LogP contribution in [0.3, 0.4) is 0 Å². The molecule has 0 N–H and O–H groups in total. The highest BCUT2D eigenvalue weighted by molar-refractivity contribution is 5.75. The minimum Gasteiger partial charge on any atom is -0.460 e. The first kappa shape index (κ1) is 16.0. The van der Waals surface area contributed by atoms with Gasteiger partial charge in [-0.1, -0.05) is 37.3 Å². The van der Waals surface area contributed by atoms with Crippen molar-refractivity contribution in [1.82, 2.24) is 0 Å². The molecule has 1 aliphatic rings. The molecule has 0 aromatic heterocycles. The molecule has 0 radical (unpaired) electrons. The first-order chi connectivity index (χ1) is 10.1. The Morgan fingerprint density at radius 2 is 1.81 bits per heavy atom. The number of hydrogen-bond acceptors (Lipinski definition) is 4. The van der Waals surface area contributed by atoms with Gasteiger partial charge < -0.3 is 14.2 Å². The third-order valence-electron chi connectivity index (χ3n) is 4.01. The van der Waals surface area contributed by atoms with E-state index in [-0.39, 0.29) is 17.8 Å². The Balaban J connectivity index is 1.98. The van der Waals surface area contributed by atoms with E-state index in [0.717, 1.165) is 12.0 Å². The Morgan fingerprint density at radius 1 is 1.19 bits per heavy atom. The fourth-order valence-corrected chi connectivity index (χ4v) is 2.93. The molecule has 2 atom stereocenters. The van der Waals surface area contributed by atoms with Gasteiger partial charge in [-0.05, 0) is 25.8 Å². The summed E-state index contributed by atoms with van der Waals surface area (Å²) in [5.74, 6) is -1.18. The third-order valence-corrected chi connectivity index (χ3v) is 4.01. The Hall–Kier alpha value is -1.39. The molecule has 1 aromatic rings. The van der Waals surface area contributed by atoms with Crippen LogP contribution < -0.4 is 0 Å². The van der Waals surface area contributed by atoms with Crippen molar-refractivity contribution in [3.05, 3.63) is 35.9 Å². The van der Waals surface area contributed by atoms with E-state index in [1.54, 1.807) is 0 Å². The smallest absolute Gasteiger partial charge is 0.314 e. The van der Waals surface area contributed by atoms with Crippen LogP contribution in [0.5, 0.6) is 0 Å². The van der Waals surface area contributed by atoms with Gasteiger partial charge in [0.15, 0.2) is 5.79 Å². The molecule has 0 spiro atoms. The quantitative estimate of drug-likeness (QED) is 0.572. The molecule has 0 aliphatic heterocycles. The lowest BCUT2D eigenvalue weighted by molar-refractivity contribution is -0.333. The second-order valence-corrected chi connectivity index (χ2v) is 5.37. The summed E-state index contributed by atoms with van der Waals surface area (Å²) < 4.78 is 17.0. The lowest BCUT2D eigenvalue weighted by atomic mass is 9.69. The maximum Gasteiger partial charge on any atom is 0.314 e. The van der Waals surface area contributed by atoms with Crippen LogP contribution in [-0.2, 0) is 25.6 Å². The Kier molecular flexibility index (Phi) is 5.37. The van der Waals surface area contributed by atoms with Crippen LogP contribution in [0.25, 0.3) is 0 Å². The molecule has 0 amide bonds. The average Bonchev–Trinajstić information content (AvgIpc) is 2.51. The van der Waals surface area contributed by atoms with E-state index in [0.29, 0.717) is 19.8 Å². The number of esters is 1. The van der Waals surface area contributed by atoms with Gasteiger partial charge in [-0.15, -0.1) is 0 Å². The van der Waals surface area contributed by atoms with Crippen molar-refractivity contribution >= 4 is 5.97 Å². The summed E-state index contributed by atoms with van der Waals surface area (Å²) in [6, 6.07) is 9.68. The SMILES string of the molecule is CCOC1(OCC)[C@@H](C)C[C@H]1C(=O)OCc1ccccc1. The van der Waals surface area contributed by atoms with Crippen LogP contribution >= 0.6 is 0 Å². The molecular weight excluding hydrogens is 268 g/mol. The fourth-order valence-electron chi connectivity index (χ4n) is 2.93. The van der Waals surface area contributed by atoms with Crippen LogP contribution in [0, 0.1) is 11.8 Å². The normalized spacial score (nSPS) is 23.4. The number of carbonyl (C=O) groups excluding carboxylic acids is 1. The zero-order chi connectivity index (χ0) is 15.3. The molecule has 1 saturated carbocycles. The van der Waals surface area contributed by atoms with Gasteiger partial charge >= 0.3 is 5.97 Å². The van der Waals surface area contributed by atoms with Gasteiger partial charge in [-0.25, -0.2) is 0 Å². The molecule has 1 aromatic carbocycles. The Bertz CT molecular complexity index is 451. The van der Waals surface area contributed by atoms with E-state index < -0.39 is 5.79 Å². The molecule has 0 unspecified atom stereocenters. The van der Waals surface area contributed by atoms with E-state index >= 15 is 0 Å². The highest BCUT2D eigenvalue weighted by Crippen LogP contribution is 2.48. The summed E-state index contributed by atoms with van der Waals surface area (Å²) in [4.78, 5) is 12.3. The van der Waals surface area contributed by atoms with E-state index in [4.69, 9.17) is 14.2 Å². The number of carbonyl (C=O) groups is 1. The van der Waals surface area contributed by atoms with Crippen molar-refractivity contribution in [1.29, 1.82) is 0 Å². The lowest BCUT2D eigenvalue weighted by Gasteiger charge is -2.51. The first-order valence-electron chi connectivity index (χ1n) is 7.62. The Labute approximate surface area is 126 Å². The van der Waals surface area contributed by atoms with Crippen molar-refractivity contribution in [2.24, 2.45) is 11.8 Å². The molecule has 0 bridgehead atoms. The Morgan fingerprint density at radius 3 is 2.33 bits per heavy atom. The second kappa shape index (κ2) is 7.05. The fraction of sp³-hybridized carbons (Fsp3) is 0.588. The predicted octanol–water partition coefficient (Wildman–Crippen LogP) is 3.16. The zero-order valence-electron chi connectivity index (χ0n) is 13.0. The summed E-state index contributed by atoms with van der Waals surface area (Å²) in [5, 5.41) is 0. The van der Waals surface area contributed by atoms with Crippen molar-refractivity contribution < 1.29 is 19.0 Å². The summed E-state index contributed by atoms with van der Waals surface area (Å²) >= 11 is 0. The molecule has 0 heterocycles. The number of benzene rings is 1. The standard InChI is InChI=1S/C17H24O4/c1-4-20-17(21-5-2)13(3)11-15(17)16(18)19-12-14-9-7-6-8-10-14/h6-10,13,15H,4-5,11-12H2,1-3H3/t13-,15-/m0/s1. The molecule has 4 nitrogen and oxygen atoms in total. The summed E-state index contributed by atoms with van der Waals surface area (Å²) in [6.07, 6.45) is 0.744. The topological polar surface area (TPSA) is 44.8 Å². The van der Waals surface area contributed by atoms with Crippen molar-refractivity contribution in [2.45, 2.75) is 39.6 Å². The summed E-state index contributed by atoms with van der Waals surface area (Å²) in [7, 11) is 0. The second-order valence-electron chi connectivity index (χ2n) is 5.37.